The predicted molar refractivity (Wildman–Crippen MR) is 101 cm³/mol. The molecule has 128 valence electrons. The molecular weight excluding hydrogens is 298 g/mol. The molecule has 1 unspecified atom stereocenters. The number of aliphatic carboxylic acids is 1. The Morgan fingerprint density at radius 3 is 2.62 bits per heavy atom. The highest BCUT2D eigenvalue weighted by Crippen LogP contribution is 2.43. The molecule has 3 nitrogen and oxygen atoms in total. The van der Waals surface area contributed by atoms with Gasteiger partial charge in [-0.05, 0) is 42.9 Å². The van der Waals surface area contributed by atoms with Crippen LogP contribution in [0.4, 0.5) is 5.69 Å². The zero-order valence-electron chi connectivity index (χ0n) is 15.2. The number of fused-ring (bicyclic) bond motifs is 1. The zero-order valence-corrected chi connectivity index (χ0v) is 15.2. The van der Waals surface area contributed by atoms with Gasteiger partial charge in [0.25, 0.3) is 0 Å². The van der Waals surface area contributed by atoms with Gasteiger partial charge in [-0.1, -0.05) is 55.8 Å². The third-order valence-corrected chi connectivity index (χ3v) is 4.78. The molecule has 1 heterocycles. The van der Waals surface area contributed by atoms with Gasteiger partial charge in [0.1, 0.15) is 0 Å². The number of allylic oxidation sites excluding steroid dienone is 4. The number of para-hydroxylation sites is 1. The summed E-state index contributed by atoms with van der Waals surface area (Å²) >= 11 is 0. The molecule has 0 aromatic heterocycles. The van der Waals surface area contributed by atoms with Crippen LogP contribution in [0.15, 0.2) is 59.7 Å². The van der Waals surface area contributed by atoms with Gasteiger partial charge in [-0.2, -0.15) is 0 Å². The van der Waals surface area contributed by atoms with Gasteiger partial charge in [-0.15, -0.1) is 0 Å². The van der Waals surface area contributed by atoms with Crippen molar-refractivity contribution >= 4 is 11.7 Å². The predicted octanol–water partition coefficient (Wildman–Crippen LogP) is 4.71. The van der Waals surface area contributed by atoms with Crippen LogP contribution in [-0.4, -0.2) is 24.2 Å². The highest BCUT2D eigenvalue weighted by molar-refractivity contribution is 5.81. The number of likely N-dealkylation sites (N-methyl/N-ethyl adjacent to an activating group) is 1. The lowest BCUT2D eigenvalue weighted by atomic mass is 9.73. The lowest BCUT2D eigenvalue weighted by Gasteiger charge is -2.44. The van der Waals surface area contributed by atoms with Gasteiger partial charge in [-0.3, -0.25) is 0 Å². The molecule has 0 fully saturated rings. The Morgan fingerprint density at radius 1 is 1.29 bits per heavy atom. The quantitative estimate of drug-likeness (QED) is 0.644. The van der Waals surface area contributed by atoms with Gasteiger partial charge < -0.3 is 10.0 Å². The maximum absolute atomic E-state index is 10.7. The molecule has 1 aliphatic heterocycles. The Morgan fingerprint density at radius 2 is 1.96 bits per heavy atom. The Bertz CT molecular complexity index is 710. The molecular formula is C21H27NO2. The fourth-order valence-electron chi connectivity index (χ4n) is 3.42. The van der Waals surface area contributed by atoms with Gasteiger partial charge in [0.05, 0.1) is 6.04 Å². The van der Waals surface area contributed by atoms with Crippen molar-refractivity contribution in [2.75, 3.05) is 11.9 Å². The first-order chi connectivity index (χ1) is 11.2. The maximum Gasteiger partial charge on any atom is 0.328 e. The summed E-state index contributed by atoms with van der Waals surface area (Å²) in [7, 11) is 2.15. The van der Waals surface area contributed by atoms with Crippen molar-refractivity contribution in [3.05, 3.63) is 65.3 Å². The van der Waals surface area contributed by atoms with E-state index in [1.165, 1.54) is 22.9 Å². The van der Waals surface area contributed by atoms with Gasteiger partial charge in [0.15, 0.2) is 0 Å². The second kappa shape index (κ2) is 7.08. The summed E-state index contributed by atoms with van der Waals surface area (Å²) in [5, 5.41) is 8.75. The van der Waals surface area contributed by atoms with E-state index in [9.17, 15) is 4.79 Å². The lowest BCUT2D eigenvalue weighted by Crippen LogP contribution is -2.43. The number of nitrogens with zero attached hydrogens (tertiary/aromatic N) is 1. The number of benzene rings is 1. The van der Waals surface area contributed by atoms with Crippen molar-refractivity contribution in [2.45, 2.75) is 45.6 Å². The number of rotatable bonds is 4. The van der Waals surface area contributed by atoms with Crippen molar-refractivity contribution < 1.29 is 9.90 Å². The monoisotopic (exact) mass is 325 g/mol. The molecule has 0 spiro atoms. The third kappa shape index (κ3) is 3.97. The fourth-order valence-corrected chi connectivity index (χ4v) is 3.42. The van der Waals surface area contributed by atoms with Crippen molar-refractivity contribution in [1.82, 2.24) is 0 Å². The van der Waals surface area contributed by atoms with E-state index in [4.69, 9.17) is 5.11 Å². The standard InChI is InChI=1S/C21H27NO2/c1-15(13-20(23)24)9-8-10-16(2)19-14-21(3,4)17-11-6-7-12-18(17)22(19)5/h6-13,19H,14H2,1-5H3,(H,23,24)/b9-8+,15-13+,16-10+. The molecule has 2 rings (SSSR count). The van der Waals surface area contributed by atoms with Crippen LogP contribution < -0.4 is 4.90 Å². The minimum atomic E-state index is -0.914. The van der Waals surface area contributed by atoms with E-state index in [1.54, 1.807) is 6.92 Å². The number of hydrogen-bond acceptors (Lipinski definition) is 2. The van der Waals surface area contributed by atoms with E-state index in [0.717, 1.165) is 12.0 Å². The molecule has 0 saturated heterocycles. The van der Waals surface area contributed by atoms with Crippen LogP contribution in [0.25, 0.3) is 0 Å². The minimum absolute atomic E-state index is 0.131. The van der Waals surface area contributed by atoms with E-state index < -0.39 is 5.97 Å². The first kappa shape index (κ1) is 18.1. The second-order valence-electron chi connectivity index (χ2n) is 7.23. The van der Waals surface area contributed by atoms with Crippen molar-refractivity contribution in [3.63, 3.8) is 0 Å². The summed E-state index contributed by atoms with van der Waals surface area (Å²) in [6.07, 6.45) is 8.13. The van der Waals surface area contributed by atoms with Gasteiger partial charge in [0.2, 0.25) is 0 Å². The molecule has 24 heavy (non-hydrogen) atoms. The minimum Gasteiger partial charge on any atom is -0.478 e. The maximum atomic E-state index is 10.7. The molecule has 3 heteroatoms. The van der Waals surface area contributed by atoms with Crippen LogP contribution in [0, 0.1) is 0 Å². The van der Waals surface area contributed by atoms with Crippen LogP contribution in [0.1, 0.15) is 39.7 Å². The Hall–Kier alpha value is -2.29. The molecule has 0 aliphatic carbocycles. The summed E-state index contributed by atoms with van der Waals surface area (Å²) in [6.45, 7) is 8.54. The lowest BCUT2D eigenvalue weighted by molar-refractivity contribution is -0.131. The molecule has 0 amide bonds. The van der Waals surface area contributed by atoms with Crippen LogP contribution in [-0.2, 0) is 10.2 Å². The van der Waals surface area contributed by atoms with Crippen molar-refractivity contribution in [3.8, 4) is 0 Å². The Kier molecular flexibility index (Phi) is 5.33. The van der Waals surface area contributed by atoms with E-state index in [1.807, 2.05) is 12.2 Å². The van der Waals surface area contributed by atoms with E-state index in [-0.39, 0.29) is 5.41 Å². The molecule has 1 N–H and O–H groups in total. The van der Waals surface area contributed by atoms with Crippen molar-refractivity contribution in [2.24, 2.45) is 0 Å². The molecule has 1 atom stereocenters. The highest BCUT2D eigenvalue weighted by Gasteiger charge is 2.35. The molecule has 0 bridgehead atoms. The average Bonchev–Trinajstić information content (AvgIpc) is 2.50. The van der Waals surface area contributed by atoms with E-state index >= 15 is 0 Å². The number of hydrogen-bond donors (Lipinski definition) is 1. The topological polar surface area (TPSA) is 40.5 Å². The van der Waals surface area contributed by atoms with Crippen LogP contribution >= 0.6 is 0 Å². The number of carboxylic acid groups (broad SMARTS) is 1. The van der Waals surface area contributed by atoms with Crippen LogP contribution in [0.3, 0.4) is 0 Å². The van der Waals surface area contributed by atoms with Gasteiger partial charge in [-0.25, -0.2) is 4.79 Å². The first-order valence-corrected chi connectivity index (χ1v) is 8.31. The highest BCUT2D eigenvalue weighted by atomic mass is 16.4. The number of carboxylic acids is 1. The largest absolute Gasteiger partial charge is 0.478 e. The van der Waals surface area contributed by atoms with Crippen molar-refractivity contribution in [1.29, 1.82) is 0 Å². The summed E-state index contributed by atoms with van der Waals surface area (Å²) in [6, 6.07) is 8.95. The Balaban J connectivity index is 2.25. The average molecular weight is 325 g/mol. The smallest absolute Gasteiger partial charge is 0.328 e. The summed E-state index contributed by atoms with van der Waals surface area (Å²) in [5.41, 5.74) is 4.82. The Labute approximate surface area is 145 Å². The first-order valence-electron chi connectivity index (χ1n) is 8.31. The molecule has 1 aliphatic rings. The van der Waals surface area contributed by atoms with Crippen LogP contribution in [0.5, 0.6) is 0 Å². The van der Waals surface area contributed by atoms with E-state index in [0.29, 0.717) is 6.04 Å². The molecule has 0 saturated carbocycles. The zero-order chi connectivity index (χ0) is 17.9. The summed E-state index contributed by atoms with van der Waals surface area (Å²) in [4.78, 5) is 13.0. The van der Waals surface area contributed by atoms with Gasteiger partial charge in [0, 0.05) is 18.8 Å². The van der Waals surface area contributed by atoms with E-state index in [2.05, 4.69) is 63.1 Å². The molecule has 1 aromatic carbocycles. The summed E-state index contributed by atoms with van der Waals surface area (Å²) in [5.74, 6) is -0.914. The normalized spacial score (nSPS) is 21.0. The number of carbonyl (C=O) groups is 1. The molecule has 0 radical (unpaired) electrons. The molecule has 1 aromatic rings. The SMILES string of the molecule is CC(/C=C/C=C(\C)C1CC(C)(C)c2ccccc2N1C)=C\C(=O)O. The summed E-state index contributed by atoms with van der Waals surface area (Å²) < 4.78 is 0. The third-order valence-electron chi connectivity index (χ3n) is 4.78. The van der Waals surface area contributed by atoms with Crippen LogP contribution in [0.2, 0.25) is 0 Å². The fraction of sp³-hybridized carbons (Fsp3) is 0.381. The second-order valence-corrected chi connectivity index (χ2v) is 7.23. The van der Waals surface area contributed by atoms with Gasteiger partial charge >= 0.3 is 5.97 Å². The number of anilines is 1.